The van der Waals surface area contributed by atoms with Crippen LogP contribution in [0.2, 0.25) is 5.02 Å². The van der Waals surface area contributed by atoms with E-state index in [1.54, 1.807) is 29.4 Å². The first-order valence-electron chi connectivity index (χ1n) is 13.0. The third kappa shape index (κ3) is 4.47. The monoisotopic (exact) mass is 555 g/mol. The summed E-state index contributed by atoms with van der Waals surface area (Å²) in [6.45, 7) is 1.82. The normalized spacial score (nSPS) is 18.9. The molecule has 2 aliphatic heterocycles. The summed E-state index contributed by atoms with van der Waals surface area (Å²) in [7, 11) is -3.11. The number of likely N-dealkylation sites (tertiary alicyclic amines) is 1. The van der Waals surface area contributed by atoms with Crippen molar-refractivity contribution in [1.29, 1.82) is 0 Å². The number of amides is 2. The number of halogens is 1. The molecule has 1 spiro atoms. The van der Waals surface area contributed by atoms with Crippen molar-refractivity contribution in [2.24, 2.45) is 5.92 Å². The second-order valence-electron chi connectivity index (χ2n) is 10.8. The van der Waals surface area contributed by atoms with Crippen LogP contribution in [0.1, 0.15) is 43.5 Å². The summed E-state index contributed by atoms with van der Waals surface area (Å²) in [5.74, 6) is 1.12. The number of imidazole rings is 1. The lowest BCUT2D eigenvalue weighted by molar-refractivity contribution is -0.136. The number of hydrogen-bond donors (Lipinski definition) is 0. The van der Waals surface area contributed by atoms with Crippen LogP contribution < -0.4 is 4.90 Å². The maximum absolute atomic E-state index is 14.1. The zero-order valence-electron chi connectivity index (χ0n) is 21.3. The molecule has 3 aliphatic rings. The summed E-state index contributed by atoms with van der Waals surface area (Å²) >= 11 is 6.23. The van der Waals surface area contributed by atoms with E-state index in [-0.39, 0.29) is 30.0 Å². The summed E-state index contributed by atoms with van der Waals surface area (Å²) in [5, 5.41) is 0.558. The van der Waals surface area contributed by atoms with E-state index < -0.39 is 15.3 Å². The Kier molecular flexibility index (Phi) is 6.22. The van der Waals surface area contributed by atoms with E-state index in [0.717, 1.165) is 29.6 Å². The van der Waals surface area contributed by atoms with E-state index in [2.05, 4.69) is 4.98 Å². The van der Waals surface area contributed by atoms with Gasteiger partial charge in [0.1, 0.15) is 15.7 Å². The number of pyridine rings is 1. The van der Waals surface area contributed by atoms with Crippen molar-refractivity contribution in [3.8, 4) is 0 Å². The zero-order chi connectivity index (χ0) is 26.7. The van der Waals surface area contributed by atoms with Crippen molar-refractivity contribution >= 4 is 50.0 Å². The molecule has 2 aromatic heterocycles. The van der Waals surface area contributed by atoms with Crippen LogP contribution in [-0.2, 0) is 37.9 Å². The fraction of sp³-hybridized carbons (Fsp3) is 0.481. The number of aromatic nitrogens is 3. The average molecular weight is 556 g/mol. The fourth-order valence-electron chi connectivity index (χ4n) is 5.98. The molecule has 200 valence electrons. The summed E-state index contributed by atoms with van der Waals surface area (Å²) < 4.78 is 25.5. The Morgan fingerprint density at radius 1 is 1.18 bits per heavy atom. The Balaban J connectivity index is 1.31. The summed E-state index contributed by atoms with van der Waals surface area (Å²) in [5.41, 5.74) is 2.59. The molecule has 3 aromatic rings. The number of benzene rings is 1. The van der Waals surface area contributed by atoms with Crippen LogP contribution in [0, 0.1) is 5.92 Å². The molecule has 11 heteroatoms. The molecule has 4 heterocycles. The lowest BCUT2D eigenvalue weighted by Gasteiger charge is -2.38. The number of piperidine rings is 1. The number of carbonyl (C=O) groups excluding carboxylic acids is 2. The van der Waals surface area contributed by atoms with Crippen molar-refractivity contribution in [1.82, 2.24) is 19.4 Å². The molecule has 0 N–H and O–H groups in total. The van der Waals surface area contributed by atoms with Gasteiger partial charge in [0.2, 0.25) is 11.8 Å². The first kappa shape index (κ1) is 25.3. The SMILES string of the molecule is CS(=O)(=O)CCCn1c(CN2C(=O)C3(CCN(C(=O)C4CC4)CC3)c3ccncc32)nc2cc(Cl)ccc21. The molecule has 0 atom stereocenters. The van der Waals surface area contributed by atoms with E-state index in [0.29, 0.717) is 55.3 Å². The third-order valence-corrected chi connectivity index (χ3v) is 9.37. The summed E-state index contributed by atoms with van der Waals surface area (Å²) in [6, 6.07) is 7.38. The maximum atomic E-state index is 14.1. The minimum absolute atomic E-state index is 0.00629. The summed E-state index contributed by atoms with van der Waals surface area (Å²) in [6.07, 6.45) is 8.22. The van der Waals surface area contributed by atoms with Crippen molar-refractivity contribution in [3.05, 3.63) is 53.1 Å². The molecule has 2 amide bonds. The maximum Gasteiger partial charge on any atom is 0.238 e. The number of fused-ring (bicyclic) bond motifs is 3. The average Bonchev–Trinajstić information content (AvgIpc) is 3.65. The van der Waals surface area contributed by atoms with Crippen molar-refractivity contribution in [2.45, 2.75) is 50.6 Å². The Morgan fingerprint density at radius 2 is 1.95 bits per heavy atom. The lowest BCUT2D eigenvalue weighted by atomic mass is 9.74. The van der Waals surface area contributed by atoms with Gasteiger partial charge in [-0.3, -0.25) is 14.6 Å². The van der Waals surface area contributed by atoms with Gasteiger partial charge < -0.3 is 14.4 Å². The second kappa shape index (κ2) is 9.34. The van der Waals surface area contributed by atoms with Crippen LogP contribution in [0.25, 0.3) is 11.0 Å². The number of rotatable bonds is 7. The van der Waals surface area contributed by atoms with E-state index in [1.807, 2.05) is 21.6 Å². The van der Waals surface area contributed by atoms with E-state index in [9.17, 15) is 18.0 Å². The van der Waals surface area contributed by atoms with Crippen molar-refractivity contribution < 1.29 is 18.0 Å². The molecular formula is C27H30ClN5O4S. The van der Waals surface area contributed by atoms with Gasteiger partial charge in [0.25, 0.3) is 0 Å². The molecule has 1 aromatic carbocycles. The molecule has 1 saturated carbocycles. The standard InChI is InChI=1S/C27H30ClN5O4S/c1-38(36,37)14-2-11-32-22-6-5-19(28)15-21(22)30-24(32)17-33-23-16-29-10-7-20(23)27(26(33)35)8-12-31(13-9-27)25(34)18-3-4-18/h5-7,10,15-16,18H,2-4,8-9,11-14,17H2,1H3. The van der Waals surface area contributed by atoms with Crippen LogP contribution in [0.5, 0.6) is 0 Å². The molecule has 0 bridgehead atoms. The largest absolute Gasteiger partial charge is 0.342 e. The number of nitrogens with zero attached hydrogens (tertiary/aromatic N) is 5. The highest BCUT2D eigenvalue weighted by molar-refractivity contribution is 7.90. The predicted molar refractivity (Wildman–Crippen MR) is 145 cm³/mol. The molecule has 38 heavy (non-hydrogen) atoms. The van der Waals surface area contributed by atoms with Gasteiger partial charge in [0.15, 0.2) is 0 Å². The number of carbonyl (C=O) groups is 2. The molecule has 0 radical (unpaired) electrons. The first-order valence-corrected chi connectivity index (χ1v) is 15.5. The van der Waals surface area contributed by atoms with Gasteiger partial charge >= 0.3 is 0 Å². The number of sulfone groups is 1. The Morgan fingerprint density at radius 3 is 2.66 bits per heavy atom. The Labute approximate surface area is 226 Å². The molecule has 2 fully saturated rings. The van der Waals surface area contributed by atoms with E-state index >= 15 is 0 Å². The zero-order valence-corrected chi connectivity index (χ0v) is 22.8. The van der Waals surface area contributed by atoms with E-state index in [1.165, 1.54) is 6.26 Å². The van der Waals surface area contributed by atoms with Crippen LogP contribution in [0.3, 0.4) is 0 Å². The summed E-state index contributed by atoms with van der Waals surface area (Å²) in [4.78, 5) is 39.6. The van der Waals surface area contributed by atoms with Crippen LogP contribution in [-0.4, -0.2) is 64.8 Å². The van der Waals surface area contributed by atoms with Crippen LogP contribution in [0.15, 0.2) is 36.7 Å². The highest BCUT2D eigenvalue weighted by Gasteiger charge is 2.53. The van der Waals surface area contributed by atoms with Crippen molar-refractivity contribution in [3.63, 3.8) is 0 Å². The Bertz CT molecular complexity index is 1540. The van der Waals surface area contributed by atoms with Crippen molar-refractivity contribution in [2.75, 3.05) is 30.0 Å². The van der Waals surface area contributed by atoms with Gasteiger partial charge in [0, 0.05) is 43.0 Å². The molecule has 1 saturated heterocycles. The molecule has 0 unspecified atom stereocenters. The predicted octanol–water partition coefficient (Wildman–Crippen LogP) is 3.34. The van der Waals surface area contributed by atoms with E-state index in [4.69, 9.17) is 16.6 Å². The van der Waals surface area contributed by atoms with Crippen LogP contribution in [0.4, 0.5) is 5.69 Å². The lowest BCUT2D eigenvalue weighted by Crippen LogP contribution is -2.50. The highest BCUT2D eigenvalue weighted by atomic mass is 35.5. The molecule has 1 aliphatic carbocycles. The quantitative estimate of drug-likeness (QED) is 0.443. The number of aryl methyl sites for hydroxylation is 1. The molecule has 9 nitrogen and oxygen atoms in total. The Hall–Kier alpha value is -2.98. The minimum Gasteiger partial charge on any atom is -0.342 e. The topological polar surface area (TPSA) is 105 Å². The van der Waals surface area contributed by atoms with Gasteiger partial charge in [-0.1, -0.05) is 11.6 Å². The highest BCUT2D eigenvalue weighted by Crippen LogP contribution is 2.48. The van der Waals surface area contributed by atoms with Gasteiger partial charge in [-0.2, -0.15) is 0 Å². The van der Waals surface area contributed by atoms with Gasteiger partial charge in [-0.25, -0.2) is 13.4 Å². The molecular weight excluding hydrogens is 526 g/mol. The third-order valence-electron chi connectivity index (χ3n) is 8.10. The van der Waals surface area contributed by atoms with Gasteiger partial charge in [-0.05, 0) is 61.9 Å². The number of hydrogen-bond acceptors (Lipinski definition) is 6. The second-order valence-corrected chi connectivity index (χ2v) is 13.5. The minimum atomic E-state index is -3.11. The van der Waals surface area contributed by atoms with Crippen LogP contribution >= 0.6 is 11.6 Å². The number of anilines is 1. The van der Waals surface area contributed by atoms with Gasteiger partial charge in [-0.15, -0.1) is 0 Å². The fourth-order valence-corrected chi connectivity index (χ4v) is 6.80. The smallest absolute Gasteiger partial charge is 0.238 e. The molecule has 6 rings (SSSR count). The first-order chi connectivity index (χ1) is 18.2. The van der Waals surface area contributed by atoms with Gasteiger partial charge in [0.05, 0.1) is 40.6 Å².